The smallest absolute Gasteiger partial charge is 0.328 e. The second-order valence-electron chi connectivity index (χ2n) is 6.50. The molecule has 1 aromatic carbocycles. The van der Waals surface area contributed by atoms with E-state index in [0.29, 0.717) is 29.7 Å². The average Bonchev–Trinajstić information content (AvgIpc) is 3.13. The van der Waals surface area contributed by atoms with Crippen LogP contribution in [0.1, 0.15) is 29.0 Å². The summed E-state index contributed by atoms with van der Waals surface area (Å²) in [6.45, 7) is 4.80. The molecule has 1 aliphatic rings. The molecular weight excluding hydrogens is 391 g/mol. The van der Waals surface area contributed by atoms with Gasteiger partial charge in [0.2, 0.25) is 0 Å². The number of hydrogen-bond donors (Lipinski definition) is 1. The molecule has 0 bridgehead atoms. The molecule has 0 spiro atoms. The summed E-state index contributed by atoms with van der Waals surface area (Å²) >= 11 is 12.2. The highest BCUT2D eigenvalue weighted by atomic mass is 35.5. The third kappa shape index (κ3) is 4.61. The number of piperazine rings is 1. The fourth-order valence-electron chi connectivity index (χ4n) is 2.94. The Labute approximate surface area is 167 Å². The van der Waals surface area contributed by atoms with Gasteiger partial charge < -0.3 is 10.0 Å². The van der Waals surface area contributed by atoms with E-state index < -0.39 is 12.0 Å². The zero-order valence-electron chi connectivity index (χ0n) is 14.8. The minimum absolute atomic E-state index is 0.185. The Bertz CT molecular complexity index is 847. The summed E-state index contributed by atoms with van der Waals surface area (Å²) in [6, 6.07) is 6.21. The highest BCUT2D eigenvalue weighted by Gasteiger charge is 2.25. The predicted octanol–water partition coefficient (Wildman–Crippen LogP) is 2.79. The molecule has 1 aliphatic heterocycles. The first-order valence-corrected chi connectivity index (χ1v) is 9.34. The monoisotopic (exact) mass is 410 g/mol. The Morgan fingerprint density at radius 1 is 1.19 bits per heavy atom. The Kier molecular flexibility index (Phi) is 6.04. The van der Waals surface area contributed by atoms with E-state index in [4.69, 9.17) is 28.3 Å². The number of carbonyl (C=O) groups excluding carboxylic acids is 1. The van der Waals surface area contributed by atoms with Crippen molar-refractivity contribution in [1.29, 1.82) is 0 Å². The quantitative estimate of drug-likeness (QED) is 0.819. The molecule has 1 atom stereocenters. The van der Waals surface area contributed by atoms with Crippen LogP contribution in [0.15, 0.2) is 30.5 Å². The summed E-state index contributed by atoms with van der Waals surface area (Å²) < 4.78 is 1.29. The van der Waals surface area contributed by atoms with Crippen molar-refractivity contribution in [2.75, 3.05) is 26.2 Å². The minimum Gasteiger partial charge on any atom is -0.480 e. The normalized spacial score (nSPS) is 16.3. The Morgan fingerprint density at radius 2 is 1.89 bits per heavy atom. The molecule has 1 saturated heterocycles. The lowest BCUT2D eigenvalue weighted by Gasteiger charge is -2.34. The third-order valence-corrected chi connectivity index (χ3v) is 5.24. The number of aliphatic carboxylic acids is 1. The molecule has 144 valence electrons. The number of benzene rings is 1. The highest BCUT2D eigenvalue weighted by Crippen LogP contribution is 2.23. The Hall–Kier alpha value is -2.09. The zero-order valence-corrected chi connectivity index (χ0v) is 16.3. The number of nitrogens with zero attached hydrogens (tertiary/aromatic N) is 4. The van der Waals surface area contributed by atoms with Gasteiger partial charge in [0.1, 0.15) is 11.7 Å². The van der Waals surface area contributed by atoms with Crippen LogP contribution >= 0.6 is 23.2 Å². The first kappa shape index (κ1) is 19.7. The van der Waals surface area contributed by atoms with Crippen molar-refractivity contribution in [3.8, 4) is 0 Å². The Morgan fingerprint density at radius 3 is 2.52 bits per heavy atom. The summed E-state index contributed by atoms with van der Waals surface area (Å²) in [5.41, 5.74) is 1.26. The number of hydrogen-bond acceptors (Lipinski definition) is 4. The van der Waals surface area contributed by atoms with Crippen molar-refractivity contribution in [3.63, 3.8) is 0 Å². The van der Waals surface area contributed by atoms with Crippen LogP contribution in [0.5, 0.6) is 0 Å². The number of amides is 1. The van der Waals surface area contributed by atoms with Gasteiger partial charge in [0.05, 0.1) is 0 Å². The van der Waals surface area contributed by atoms with Crippen LogP contribution in [0, 0.1) is 0 Å². The number of rotatable bonds is 5. The van der Waals surface area contributed by atoms with E-state index in [1.165, 1.54) is 17.8 Å². The highest BCUT2D eigenvalue weighted by molar-refractivity contribution is 6.35. The maximum Gasteiger partial charge on any atom is 0.328 e. The van der Waals surface area contributed by atoms with Crippen LogP contribution < -0.4 is 0 Å². The number of carbonyl (C=O) groups is 2. The Balaban J connectivity index is 1.57. The summed E-state index contributed by atoms with van der Waals surface area (Å²) in [7, 11) is 0. The maximum absolute atomic E-state index is 12.6. The zero-order chi connectivity index (χ0) is 19.6. The fourth-order valence-corrected chi connectivity index (χ4v) is 3.41. The van der Waals surface area contributed by atoms with Crippen molar-refractivity contribution in [2.45, 2.75) is 19.5 Å². The summed E-state index contributed by atoms with van der Waals surface area (Å²) in [4.78, 5) is 27.6. The van der Waals surface area contributed by atoms with Crippen molar-refractivity contribution in [3.05, 3.63) is 51.8 Å². The van der Waals surface area contributed by atoms with Gasteiger partial charge in [-0.2, -0.15) is 5.10 Å². The minimum atomic E-state index is -0.994. The van der Waals surface area contributed by atoms with E-state index in [2.05, 4.69) is 10.00 Å². The molecule has 1 N–H and O–H groups in total. The van der Waals surface area contributed by atoms with Crippen LogP contribution in [0.2, 0.25) is 10.0 Å². The molecule has 0 radical (unpaired) electrons. The van der Waals surface area contributed by atoms with Gasteiger partial charge >= 0.3 is 5.97 Å². The lowest BCUT2D eigenvalue weighted by atomic mass is 10.2. The van der Waals surface area contributed by atoms with E-state index in [-0.39, 0.29) is 11.6 Å². The second kappa shape index (κ2) is 8.29. The molecule has 9 heteroatoms. The average molecular weight is 411 g/mol. The van der Waals surface area contributed by atoms with Gasteiger partial charge in [-0.3, -0.25) is 14.4 Å². The van der Waals surface area contributed by atoms with E-state index in [0.717, 1.165) is 18.7 Å². The molecular formula is C18H20Cl2N4O3. The van der Waals surface area contributed by atoms with Crippen molar-refractivity contribution in [1.82, 2.24) is 19.6 Å². The van der Waals surface area contributed by atoms with Crippen LogP contribution in [-0.2, 0) is 11.3 Å². The van der Waals surface area contributed by atoms with Gasteiger partial charge in [0.25, 0.3) is 5.91 Å². The van der Waals surface area contributed by atoms with Crippen LogP contribution in [0.25, 0.3) is 0 Å². The number of carboxylic acid groups (broad SMARTS) is 1. The molecule has 1 unspecified atom stereocenters. The lowest BCUT2D eigenvalue weighted by Crippen LogP contribution is -2.48. The van der Waals surface area contributed by atoms with Crippen LogP contribution in [0.4, 0.5) is 0 Å². The molecule has 1 aromatic heterocycles. The molecule has 7 nitrogen and oxygen atoms in total. The number of carboxylic acids is 1. The van der Waals surface area contributed by atoms with Crippen LogP contribution in [-0.4, -0.2) is 62.7 Å². The van der Waals surface area contributed by atoms with Gasteiger partial charge in [-0.15, -0.1) is 0 Å². The molecule has 0 aliphatic carbocycles. The van der Waals surface area contributed by atoms with Crippen LogP contribution in [0.3, 0.4) is 0 Å². The van der Waals surface area contributed by atoms with Crippen molar-refractivity contribution >= 4 is 35.1 Å². The fraction of sp³-hybridized carbons (Fsp3) is 0.389. The molecule has 2 aromatic rings. The van der Waals surface area contributed by atoms with Gasteiger partial charge in [-0.1, -0.05) is 29.3 Å². The van der Waals surface area contributed by atoms with E-state index in [9.17, 15) is 9.59 Å². The summed E-state index contributed by atoms with van der Waals surface area (Å²) in [5, 5.41) is 14.4. The summed E-state index contributed by atoms with van der Waals surface area (Å²) in [6.07, 6.45) is 1.52. The largest absolute Gasteiger partial charge is 0.480 e. The molecule has 2 heterocycles. The predicted molar refractivity (Wildman–Crippen MR) is 102 cm³/mol. The maximum atomic E-state index is 12.6. The lowest BCUT2D eigenvalue weighted by molar-refractivity contribution is -0.140. The molecule has 0 saturated carbocycles. The molecule has 1 fully saturated rings. The number of halogens is 2. The molecule has 1 amide bonds. The van der Waals surface area contributed by atoms with Crippen molar-refractivity contribution in [2.24, 2.45) is 0 Å². The van der Waals surface area contributed by atoms with E-state index in [1.54, 1.807) is 17.0 Å². The molecule has 27 heavy (non-hydrogen) atoms. The topological polar surface area (TPSA) is 78.7 Å². The third-order valence-electron chi connectivity index (χ3n) is 4.65. The van der Waals surface area contributed by atoms with E-state index >= 15 is 0 Å². The standard InChI is InChI=1S/C18H20Cl2N4O3/c1-12(18(26)27)24-5-4-16(21-24)17(25)23-8-6-22(7-9-23)11-13-2-3-14(19)10-15(13)20/h2-5,10,12H,6-9,11H2,1H3,(H,26,27). The molecule has 3 rings (SSSR count). The first-order valence-electron chi connectivity index (χ1n) is 8.58. The summed E-state index contributed by atoms with van der Waals surface area (Å²) in [5.74, 6) is -1.18. The number of aromatic nitrogens is 2. The first-order chi connectivity index (χ1) is 12.8. The van der Waals surface area contributed by atoms with E-state index in [1.807, 2.05) is 12.1 Å². The van der Waals surface area contributed by atoms with Gasteiger partial charge in [-0.25, -0.2) is 4.79 Å². The van der Waals surface area contributed by atoms with Gasteiger partial charge in [0.15, 0.2) is 0 Å². The SMILES string of the molecule is CC(C(=O)O)n1ccc(C(=O)N2CCN(Cc3ccc(Cl)cc3Cl)CC2)n1. The second-order valence-corrected chi connectivity index (χ2v) is 7.34. The van der Waals surface area contributed by atoms with Crippen molar-refractivity contribution < 1.29 is 14.7 Å². The van der Waals surface area contributed by atoms with Gasteiger partial charge in [0, 0.05) is 49.0 Å². The van der Waals surface area contributed by atoms with Gasteiger partial charge in [-0.05, 0) is 30.7 Å².